The average molecular weight is 293 g/mol. The Hall–Kier alpha value is -1.17. The molecule has 116 valence electrons. The zero-order valence-electron chi connectivity index (χ0n) is 12.3. The van der Waals surface area contributed by atoms with Crippen LogP contribution in [0.4, 0.5) is 10.1 Å². The molecule has 1 atom stereocenters. The third-order valence-corrected chi connectivity index (χ3v) is 4.31. The van der Waals surface area contributed by atoms with Crippen molar-refractivity contribution in [3.8, 4) is 0 Å². The second kappa shape index (κ2) is 6.73. The molecule has 1 aromatic rings. The Morgan fingerprint density at radius 2 is 1.81 bits per heavy atom. The molecule has 1 saturated heterocycles. The fraction of sp³-hybridized carbons (Fsp3) is 0.625. The van der Waals surface area contributed by atoms with E-state index in [4.69, 9.17) is 0 Å². The largest absolute Gasteiger partial charge is 0.395 e. The summed E-state index contributed by atoms with van der Waals surface area (Å²) in [5.74, 6) is -0.186. The van der Waals surface area contributed by atoms with Gasteiger partial charge in [-0.2, -0.15) is 0 Å². The summed E-state index contributed by atoms with van der Waals surface area (Å²) in [6.45, 7) is 4.99. The van der Waals surface area contributed by atoms with Crippen LogP contribution >= 0.6 is 0 Å². The van der Waals surface area contributed by atoms with Crippen molar-refractivity contribution in [2.24, 2.45) is 0 Å². The van der Waals surface area contributed by atoms with Crippen LogP contribution in [-0.4, -0.2) is 61.4 Å². The van der Waals surface area contributed by atoms with Crippen LogP contribution in [0.15, 0.2) is 24.3 Å². The molecule has 1 heterocycles. The molecule has 5 heteroatoms. The molecule has 0 amide bonds. The van der Waals surface area contributed by atoms with Crippen LogP contribution in [0.1, 0.15) is 12.8 Å². The van der Waals surface area contributed by atoms with Gasteiger partial charge in [0, 0.05) is 50.5 Å². The van der Waals surface area contributed by atoms with E-state index in [1.165, 1.54) is 25.0 Å². The molecule has 3 rings (SSSR count). The number of halogens is 1. The molecule has 2 aliphatic rings. The third kappa shape index (κ3) is 4.15. The summed E-state index contributed by atoms with van der Waals surface area (Å²) in [6.07, 6.45) is 2.49. The van der Waals surface area contributed by atoms with Gasteiger partial charge in [-0.1, -0.05) is 0 Å². The van der Waals surface area contributed by atoms with Crippen molar-refractivity contribution >= 4 is 5.69 Å². The maximum atomic E-state index is 13.0. The molecule has 1 aliphatic carbocycles. The van der Waals surface area contributed by atoms with E-state index < -0.39 is 0 Å². The number of piperazine rings is 1. The van der Waals surface area contributed by atoms with Crippen LogP contribution in [0, 0.1) is 5.82 Å². The van der Waals surface area contributed by atoms with Gasteiger partial charge in [0.05, 0.1) is 6.61 Å². The number of hydrogen-bond donors (Lipinski definition) is 2. The number of aliphatic hydroxyl groups is 1. The summed E-state index contributed by atoms with van der Waals surface area (Å²) in [5, 5.41) is 12.9. The number of aliphatic hydroxyl groups excluding tert-OH is 1. The summed E-state index contributed by atoms with van der Waals surface area (Å²) < 4.78 is 13.0. The Balaban J connectivity index is 1.46. The van der Waals surface area contributed by atoms with E-state index in [2.05, 4.69) is 15.1 Å². The van der Waals surface area contributed by atoms with Gasteiger partial charge >= 0.3 is 0 Å². The van der Waals surface area contributed by atoms with Crippen molar-refractivity contribution in [2.45, 2.75) is 24.9 Å². The molecule has 4 nitrogen and oxygen atoms in total. The van der Waals surface area contributed by atoms with Gasteiger partial charge in [0.15, 0.2) is 0 Å². The minimum absolute atomic E-state index is 0.186. The van der Waals surface area contributed by atoms with Crippen molar-refractivity contribution in [3.05, 3.63) is 30.1 Å². The normalized spacial score (nSPS) is 21.5. The van der Waals surface area contributed by atoms with Gasteiger partial charge in [-0.15, -0.1) is 0 Å². The lowest BCUT2D eigenvalue weighted by Gasteiger charge is -2.37. The molecule has 1 saturated carbocycles. The summed E-state index contributed by atoms with van der Waals surface area (Å²) in [7, 11) is 0. The lowest BCUT2D eigenvalue weighted by molar-refractivity contribution is 0.174. The first-order valence-corrected chi connectivity index (χ1v) is 7.84. The van der Waals surface area contributed by atoms with Crippen LogP contribution in [0.25, 0.3) is 0 Å². The monoisotopic (exact) mass is 293 g/mol. The van der Waals surface area contributed by atoms with E-state index >= 15 is 0 Å². The van der Waals surface area contributed by atoms with Gasteiger partial charge < -0.3 is 15.3 Å². The predicted molar refractivity (Wildman–Crippen MR) is 82.1 cm³/mol. The van der Waals surface area contributed by atoms with Crippen LogP contribution in [0.2, 0.25) is 0 Å². The van der Waals surface area contributed by atoms with Gasteiger partial charge in [-0.25, -0.2) is 4.39 Å². The number of benzene rings is 1. The first kappa shape index (κ1) is 14.8. The van der Waals surface area contributed by atoms with Crippen LogP contribution < -0.4 is 10.2 Å². The van der Waals surface area contributed by atoms with Gasteiger partial charge in [0.1, 0.15) is 5.82 Å². The summed E-state index contributed by atoms with van der Waals surface area (Å²) in [4.78, 5) is 4.69. The van der Waals surface area contributed by atoms with Crippen molar-refractivity contribution in [3.63, 3.8) is 0 Å². The fourth-order valence-electron chi connectivity index (χ4n) is 2.90. The van der Waals surface area contributed by atoms with E-state index in [1.807, 2.05) is 12.1 Å². The van der Waals surface area contributed by atoms with Gasteiger partial charge in [-0.05, 0) is 37.1 Å². The minimum atomic E-state index is -0.186. The van der Waals surface area contributed by atoms with Gasteiger partial charge in [-0.3, -0.25) is 4.90 Å². The smallest absolute Gasteiger partial charge is 0.123 e. The summed E-state index contributed by atoms with van der Waals surface area (Å²) >= 11 is 0. The topological polar surface area (TPSA) is 38.7 Å². The number of hydrogen-bond acceptors (Lipinski definition) is 4. The van der Waals surface area contributed by atoms with Gasteiger partial charge in [0.25, 0.3) is 0 Å². The van der Waals surface area contributed by atoms with E-state index in [1.54, 1.807) is 0 Å². The molecule has 21 heavy (non-hydrogen) atoms. The molecule has 1 aliphatic heterocycles. The molecule has 0 spiro atoms. The SMILES string of the molecule is OCC(CN1CCN(c2ccc(F)cc2)CC1)NC1CC1. The molecule has 0 aromatic heterocycles. The van der Waals surface area contributed by atoms with Gasteiger partial charge in [0.2, 0.25) is 0 Å². The van der Waals surface area contributed by atoms with E-state index in [-0.39, 0.29) is 18.5 Å². The first-order valence-electron chi connectivity index (χ1n) is 7.84. The lowest BCUT2D eigenvalue weighted by Crippen LogP contribution is -2.52. The molecule has 2 N–H and O–H groups in total. The summed E-state index contributed by atoms with van der Waals surface area (Å²) in [6, 6.07) is 7.54. The third-order valence-electron chi connectivity index (χ3n) is 4.31. The van der Waals surface area contributed by atoms with Crippen LogP contribution in [0.5, 0.6) is 0 Å². The van der Waals surface area contributed by atoms with Crippen molar-refractivity contribution < 1.29 is 9.50 Å². The maximum Gasteiger partial charge on any atom is 0.123 e. The lowest BCUT2D eigenvalue weighted by atomic mass is 10.2. The fourth-order valence-corrected chi connectivity index (χ4v) is 2.90. The Labute approximate surface area is 125 Å². The highest BCUT2D eigenvalue weighted by atomic mass is 19.1. The minimum Gasteiger partial charge on any atom is -0.395 e. The molecule has 1 unspecified atom stereocenters. The molecule has 0 bridgehead atoms. The van der Waals surface area contributed by atoms with Crippen molar-refractivity contribution in [2.75, 3.05) is 44.2 Å². The highest BCUT2D eigenvalue weighted by Gasteiger charge is 2.26. The highest BCUT2D eigenvalue weighted by molar-refractivity contribution is 5.46. The zero-order chi connectivity index (χ0) is 14.7. The quantitative estimate of drug-likeness (QED) is 0.823. The Morgan fingerprint density at radius 1 is 1.14 bits per heavy atom. The molecule has 1 aromatic carbocycles. The number of anilines is 1. The zero-order valence-corrected chi connectivity index (χ0v) is 12.3. The van der Waals surface area contributed by atoms with Crippen LogP contribution in [0.3, 0.4) is 0 Å². The number of rotatable bonds is 6. The average Bonchev–Trinajstić information content (AvgIpc) is 3.32. The van der Waals surface area contributed by atoms with Crippen LogP contribution in [-0.2, 0) is 0 Å². The standard InChI is InChI=1S/C16H24FN3O/c17-13-1-5-16(6-2-13)20-9-7-19(8-10-20)11-15(12-21)18-14-3-4-14/h1-2,5-6,14-15,18,21H,3-4,7-12H2. The maximum absolute atomic E-state index is 13.0. The first-order chi connectivity index (χ1) is 10.2. The molecule has 0 radical (unpaired) electrons. The van der Waals surface area contributed by atoms with Crippen molar-refractivity contribution in [1.29, 1.82) is 0 Å². The Bertz CT molecular complexity index is 441. The van der Waals surface area contributed by atoms with E-state index in [0.29, 0.717) is 6.04 Å². The van der Waals surface area contributed by atoms with Crippen molar-refractivity contribution in [1.82, 2.24) is 10.2 Å². The highest BCUT2D eigenvalue weighted by Crippen LogP contribution is 2.20. The Kier molecular flexibility index (Phi) is 4.73. The molecular formula is C16H24FN3O. The number of nitrogens with one attached hydrogen (secondary N) is 1. The molecule has 2 fully saturated rings. The number of nitrogens with zero attached hydrogens (tertiary/aromatic N) is 2. The summed E-state index contributed by atoms with van der Waals surface area (Å²) in [5.41, 5.74) is 1.09. The predicted octanol–water partition coefficient (Wildman–Crippen LogP) is 1.06. The van der Waals surface area contributed by atoms with E-state index in [0.717, 1.165) is 38.4 Å². The molecular weight excluding hydrogens is 269 g/mol. The van der Waals surface area contributed by atoms with E-state index in [9.17, 15) is 9.50 Å². The second-order valence-corrected chi connectivity index (χ2v) is 6.08. The Morgan fingerprint density at radius 3 is 2.38 bits per heavy atom. The second-order valence-electron chi connectivity index (χ2n) is 6.08.